The highest BCUT2D eigenvalue weighted by Gasteiger charge is 2.19. The zero-order valence-electron chi connectivity index (χ0n) is 15.6. The summed E-state index contributed by atoms with van der Waals surface area (Å²) < 4.78 is 0. The van der Waals surface area contributed by atoms with E-state index in [9.17, 15) is 9.59 Å². The van der Waals surface area contributed by atoms with E-state index < -0.39 is 0 Å². The predicted molar refractivity (Wildman–Crippen MR) is 108 cm³/mol. The molecule has 6 heteroatoms. The lowest BCUT2D eigenvalue weighted by Gasteiger charge is -2.33. The Bertz CT molecular complexity index is 771. The fourth-order valence-corrected chi connectivity index (χ4v) is 3.17. The Morgan fingerprint density at radius 1 is 0.852 bits per heavy atom. The lowest BCUT2D eigenvalue weighted by molar-refractivity contribution is -0.117. The Kier molecular flexibility index (Phi) is 6.57. The van der Waals surface area contributed by atoms with E-state index in [-0.39, 0.29) is 11.8 Å². The highest BCUT2D eigenvalue weighted by Crippen LogP contribution is 2.17. The van der Waals surface area contributed by atoms with Crippen molar-refractivity contribution >= 4 is 23.2 Å². The van der Waals surface area contributed by atoms with Crippen molar-refractivity contribution in [3.8, 4) is 0 Å². The number of rotatable bonds is 6. The van der Waals surface area contributed by atoms with E-state index in [0.29, 0.717) is 17.8 Å². The van der Waals surface area contributed by atoms with Crippen molar-refractivity contribution < 1.29 is 9.59 Å². The van der Waals surface area contributed by atoms with Gasteiger partial charge < -0.3 is 15.5 Å². The topological polar surface area (TPSA) is 64.7 Å². The first-order valence-corrected chi connectivity index (χ1v) is 9.35. The molecule has 1 aliphatic rings. The Labute approximate surface area is 160 Å². The fraction of sp³-hybridized carbons (Fsp3) is 0.333. The Hall–Kier alpha value is -2.70. The molecule has 2 N–H and O–H groups in total. The van der Waals surface area contributed by atoms with E-state index in [4.69, 9.17) is 0 Å². The summed E-state index contributed by atoms with van der Waals surface area (Å²) in [6.45, 7) is 7.28. The second-order valence-electron chi connectivity index (χ2n) is 6.62. The molecule has 6 nitrogen and oxygen atoms in total. The summed E-state index contributed by atoms with van der Waals surface area (Å²) in [5.74, 6) is -0.339. The van der Waals surface area contributed by atoms with Gasteiger partial charge in [-0.05, 0) is 30.8 Å². The third-order valence-corrected chi connectivity index (χ3v) is 4.76. The lowest BCUT2D eigenvalue weighted by atomic mass is 10.1. The van der Waals surface area contributed by atoms with E-state index >= 15 is 0 Å². The quantitative estimate of drug-likeness (QED) is 0.825. The molecule has 3 rings (SSSR count). The number of hydrogen-bond acceptors (Lipinski definition) is 4. The van der Waals surface area contributed by atoms with Gasteiger partial charge in [-0.2, -0.15) is 0 Å². The van der Waals surface area contributed by atoms with Crippen LogP contribution in [0, 0.1) is 0 Å². The monoisotopic (exact) mass is 366 g/mol. The van der Waals surface area contributed by atoms with Crippen LogP contribution in [0.5, 0.6) is 0 Å². The summed E-state index contributed by atoms with van der Waals surface area (Å²) in [6.07, 6.45) is 0. The molecule has 142 valence electrons. The Morgan fingerprint density at radius 3 is 2.19 bits per heavy atom. The molecule has 0 aliphatic carbocycles. The number of hydrogen-bond donors (Lipinski definition) is 2. The average Bonchev–Trinajstić information content (AvgIpc) is 2.69. The minimum atomic E-state index is -0.242. The largest absolute Gasteiger partial charge is 0.324 e. The van der Waals surface area contributed by atoms with Crippen LogP contribution in [0.2, 0.25) is 0 Å². The molecule has 0 unspecified atom stereocenters. The summed E-state index contributed by atoms with van der Waals surface area (Å²) >= 11 is 0. The molecule has 0 spiro atoms. The van der Waals surface area contributed by atoms with Crippen LogP contribution in [-0.2, 0) is 4.79 Å². The molecule has 27 heavy (non-hydrogen) atoms. The van der Waals surface area contributed by atoms with Crippen molar-refractivity contribution in [2.45, 2.75) is 6.92 Å². The minimum absolute atomic E-state index is 0.0973. The van der Waals surface area contributed by atoms with Crippen LogP contribution in [0.15, 0.2) is 54.6 Å². The molecule has 0 bridgehead atoms. The van der Waals surface area contributed by atoms with Gasteiger partial charge in [-0.3, -0.25) is 14.5 Å². The fourth-order valence-electron chi connectivity index (χ4n) is 3.17. The van der Waals surface area contributed by atoms with Crippen LogP contribution in [0.3, 0.4) is 0 Å². The third-order valence-electron chi connectivity index (χ3n) is 4.76. The van der Waals surface area contributed by atoms with Crippen LogP contribution in [0.1, 0.15) is 17.3 Å². The number of nitrogens with one attached hydrogen (secondary N) is 2. The van der Waals surface area contributed by atoms with Crippen molar-refractivity contribution in [1.29, 1.82) is 0 Å². The molecule has 1 fully saturated rings. The van der Waals surface area contributed by atoms with Gasteiger partial charge >= 0.3 is 0 Å². The number of nitrogens with zero attached hydrogens (tertiary/aromatic N) is 2. The van der Waals surface area contributed by atoms with Crippen molar-refractivity contribution in [1.82, 2.24) is 9.80 Å². The maximum atomic E-state index is 12.6. The molecule has 1 heterocycles. The summed E-state index contributed by atoms with van der Waals surface area (Å²) in [5, 5.41) is 5.75. The summed E-state index contributed by atoms with van der Waals surface area (Å²) in [4.78, 5) is 29.6. The lowest BCUT2D eigenvalue weighted by Crippen LogP contribution is -2.48. The second kappa shape index (κ2) is 9.30. The molecule has 0 aromatic heterocycles. The number of benzene rings is 2. The predicted octanol–water partition coefficient (Wildman–Crippen LogP) is 2.51. The Balaban J connectivity index is 1.60. The smallest absolute Gasteiger partial charge is 0.257 e. The maximum absolute atomic E-state index is 12.6. The molecule has 2 aromatic carbocycles. The van der Waals surface area contributed by atoms with Gasteiger partial charge in [-0.25, -0.2) is 0 Å². The first kappa shape index (κ1) is 19.1. The molecule has 0 atom stereocenters. The maximum Gasteiger partial charge on any atom is 0.257 e. The van der Waals surface area contributed by atoms with Gasteiger partial charge in [-0.1, -0.05) is 37.3 Å². The van der Waals surface area contributed by atoms with E-state index in [1.54, 1.807) is 18.2 Å². The van der Waals surface area contributed by atoms with E-state index in [0.717, 1.165) is 38.4 Å². The van der Waals surface area contributed by atoms with Gasteiger partial charge in [0, 0.05) is 31.9 Å². The molecule has 1 aliphatic heterocycles. The zero-order valence-corrected chi connectivity index (χ0v) is 15.6. The highest BCUT2D eigenvalue weighted by atomic mass is 16.2. The molecule has 0 radical (unpaired) electrons. The zero-order chi connectivity index (χ0) is 19.1. The number of para-hydroxylation sites is 2. The number of carbonyl (C=O) groups excluding carboxylic acids is 2. The second-order valence-corrected chi connectivity index (χ2v) is 6.62. The SMILES string of the molecule is CCN1CCN(CC(=O)Nc2ccccc2C(=O)Nc2ccccc2)CC1. The third kappa shape index (κ3) is 5.39. The minimum Gasteiger partial charge on any atom is -0.324 e. The molecule has 2 aromatic rings. The molecular weight excluding hydrogens is 340 g/mol. The van der Waals surface area contributed by atoms with E-state index in [2.05, 4.69) is 27.4 Å². The van der Waals surface area contributed by atoms with E-state index in [1.165, 1.54) is 0 Å². The van der Waals surface area contributed by atoms with E-state index in [1.807, 2.05) is 36.4 Å². The normalized spacial score (nSPS) is 15.3. The molecule has 2 amide bonds. The standard InChI is InChI=1S/C21H26N4O2/c1-2-24-12-14-25(15-13-24)16-20(26)23-19-11-7-6-10-18(19)21(27)22-17-8-4-3-5-9-17/h3-11H,2,12-16H2,1H3,(H,22,27)(H,23,26). The molecular formula is C21H26N4O2. The van der Waals surface area contributed by atoms with Gasteiger partial charge in [0.25, 0.3) is 5.91 Å². The summed E-state index contributed by atoms with van der Waals surface area (Å²) in [7, 11) is 0. The number of piperazine rings is 1. The number of amides is 2. The van der Waals surface area contributed by atoms with Gasteiger partial charge in [0.1, 0.15) is 0 Å². The van der Waals surface area contributed by atoms with Crippen LogP contribution < -0.4 is 10.6 Å². The van der Waals surface area contributed by atoms with Crippen molar-refractivity contribution in [2.75, 3.05) is 49.9 Å². The van der Waals surface area contributed by atoms with Gasteiger partial charge in [0.15, 0.2) is 0 Å². The van der Waals surface area contributed by atoms with Gasteiger partial charge in [0.05, 0.1) is 17.8 Å². The molecule has 0 saturated carbocycles. The van der Waals surface area contributed by atoms with Crippen LogP contribution in [0.4, 0.5) is 11.4 Å². The van der Waals surface area contributed by atoms with Crippen molar-refractivity contribution in [2.24, 2.45) is 0 Å². The Morgan fingerprint density at radius 2 is 1.48 bits per heavy atom. The first-order chi connectivity index (χ1) is 13.2. The van der Waals surface area contributed by atoms with Crippen LogP contribution >= 0.6 is 0 Å². The van der Waals surface area contributed by atoms with Crippen LogP contribution in [-0.4, -0.2) is 60.9 Å². The summed E-state index contributed by atoms with van der Waals surface area (Å²) in [5.41, 5.74) is 1.70. The van der Waals surface area contributed by atoms with Crippen molar-refractivity contribution in [3.63, 3.8) is 0 Å². The van der Waals surface area contributed by atoms with Crippen molar-refractivity contribution in [3.05, 3.63) is 60.2 Å². The first-order valence-electron chi connectivity index (χ1n) is 9.35. The number of anilines is 2. The number of likely N-dealkylation sites (N-methyl/N-ethyl adjacent to an activating group) is 1. The van der Waals surface area contributed by atoms with Gasteiger partial charge in [0.2, 0.25) is 5.91 Å². The van der Waals surface area contributed by atoms with Crippen LogP contribution in [0.25, 0.3) is 0 Å². The van der Waals surface area contributed by atoms with Gasteiger partial charge in [-0.15, -0.1) is 0 Å². The number of carbonyl (C=O) groups is 2. The average molecular weight is 366 g/mol. The highest BCUT2D eigenvalue weighted by molar-refractivity contribution is 6.10. The molecule has 1 saturated heterocycles. The summed E-state index contributed by atoms with van der Waals surface area (Å²) in [6, 6.07) is 16.4.